The number of hydrogen-bond acceptors (Lipinski definition) is 2. The van der Waals surface area contributed by atoms with Gasteiger partial charge in [-0.1, -0.05) is 37.0 Å². The van der Waals surface area contributed by atoms with Crippen LogP contribution in [0.3, 0.4) is 0 Å². The van der Waals surface area contributed by atoms with Crippen molar-refractivity contribution in [3.05, 3.63) is 29.8 Å². The first-order valence-corrected chi connectivity index (χ1v) is 8.16. The molecular weight excluding hydrogens is 260 g/mol. The summed E-state index contributed by atoms with van der Waals surface area (Å²) in [4.78, 5) is 14.7. The zero-order valence-electron chi connectivity index (χ0n) is 13.6. The van der Waals surface area contributed by atoms with E-state index < -0.39 is 0 Å². The van der Waals surface area contributed by atoms with Crippen LogP contribution in [-0.4, -0.2) is 25.0 Å². The van der Waals surface area contributed by atoms with Crippen molar-refractivity contribution >= 4 is 11.6 Å². The molecule has 0 bridgehead atoms. The number of carbonyl (C=O) groups is 1. The van der Waals surface area contributed by atoms with E-state index in [2.05, 4.69) is 24.4 Å². The number of nitrogens with zero attached hydrogens (tertiary/aromatic N) is 1. The Hall–Kier alpha value is -1.35. The van der Waals surface area contributed by atoms with E-state index in [0.717, 1.165) is 25.1 Å². The second-order valence-electron chi connectivity index (χ2n) is 6.24. The van der Waals surface area contributed by atoms with Crippen molar-refractivity contribution in [3.63, 3.8) is 0 Å². The van der Waals surface area contributed by atoms with Crippen molar-refractivity contribution in [2.24, 2.45) is 0 Å². The van der Waals surface area contributed by atoms with E-state index in [9.17, 15) is 4.79 Å². The lowest BCUT2D eigenvalue weighted by Crippen LogP contribution is -2.49. The minimum absolute atomic E-state index is 0.00739. The lowest BCUT2D eigenvalue weighted by Gasteiger charge is -2.38. The summed E-state index contributed by atoms with van der Waals surface area (Å²) in [6, 6.07) is 8.23. The lowest BCUT2D eigenvalue weighted by molar-refractivity contribution is -0.120. The minimum Gasteiger partial charge on any atom is -0.314 e. The van der Waals surface area contributed by atoms with Crippen molar-refractivity contribution in [2.75, 3.05) is 18.5 Å². The minimum atomic E-state index is 0.00739. The maximum atomic E-state index is 12.8. The van der Waals surface area contributed by atoms with Gasteiger partial charge in [-0.25, -0.2) is 0 Å². The molecule has 0 atom stereocenters. The standard InChI is InChI=1S/C18H28N2O/c1-4-20(16-10-8-15(2)9-11-16)17(21)14-18(19-3)12-6-5-7-13-18/h8-11,19H,4-7,12-14H2,1-3H3. The predicted octanol–water partition coefficient (Wildman–Crippen LogP) is 3.66. The van der Waals surface area contributed by atoms with E-state index in [1.54, 1.807) is 0 Å². The fourth-order valence-corrected chi connectivity index (χ4v) is 3.36. The molecule has 1 N–H and O–H groups in total. The van der Waals surface area contributed by atoms with Crippen LogP contribution in [0, 0.1) is 6.92 Å². The Morgan fingerprint density at radius 3 is 2.33 bits per heavy atom. The van der Waals surface area contributed by atoms with Crippen LogP contribution < -0.4 is 10.2 Å². The number of benzene rings is 1. The van der Waals surface area contributed by atoms with Crippen LogP contribution in [0.15, 0.2) is 24.3 Å². The number of amides is 1. The van der Waals surface area contributed by atoms with Crippen molar-refractivity contribution in [2.45, 2.75) is 57.9 Å². The maximum absolute atomic E-state index is 12.8. The molecule has 116 valence electrons. The first-order chi connectivity index (χ1) is 10.1. The topological polar surface area (TPSA) is 32.3 Å². The first kappa shape index (κ1) is 16.0. The molecule has 0 aromatic heterocycles. The van der Waals surface area contributed by atoms with Crippen LogP contribution in [0.2, 0.25) is 0 Å². The Morgan fingerprint density at radius 2 is 1.81 bits per heavy atom. The molecule has 0 spiro atoms. The Balaban J connectivity index is 2.10. The van der Waals surface area contributed by atoms with Crippen LogP contribution >= 0.6 is 0 Å². The molecule has 3 nitrogen and oxygen atoms in total. The molecule has 0 saturated heterocycles. The first-order valence-electron chi connectivity index (χ1n) is 8.16. The summed E-state index contributed by atoms with van der Waals surface area (Å²) in [6.07, 6.45) is 6.58. The lowest BCUT2D eigenvalue weighted by atomic mass is 9.79. The van der Waals surface area contributed by atoms with Gasteiger partial charge in [-0.2, -0.15) is 0 Å². The van der Waals surface area contributed by atoms with Crippen LogP contribution in [0.1, 0.15) is 51.0 Å². The highest BCUT2D eigenvalue weighted by atomic mass is 16.2. The quantitative estimate of drug-likeness (QED) is 0.896. The molecule has 1 saturated carbocycles. The van der Waals surface area contributed by atoms with Gasteiger partial charge in [-0.15, -0.1) is 0 Å². The largest absolute Gasteiger partial charge is 0.314 e. The number of anilines is 1. The van der Waals surface area contributed by atoms with Gasteiger partial charge in [0, 0.05) is 24.2 Å². The summed E-state index contributed by atoms with van der Waals surface area (Å²) < 4.78 is 0. The predicted molar refractivity (Wildman–Crippen MR) is 88.7 cm³/mol. The molecule has 1 fully saturated rings. The monoisotopic (exact) mass is 288 g/mol. The summed E-state index contributed by atoms with van der Waals surface area (Å²) >= 11 is 0. The fourth-order valence-electron chi connectivity index (χ4n) is 3.36. The molecule has 1 aromatic rings. The molecule has 0 unspecified atom stereocenters. The van der Waals surface area contributed by atoms with Gasteiger partial charge >= 0.3 is 0 Å². The van der Waals surface area contributed by atoms with Crippen molar-refractivity contribution in [3.8, 4) is 0 Å². The van der Waals surface area contributed by atoms with Crippen LogP contribution in [0.25, 0.3) is 0 Å². The molecule has 21 heavy (non-hydrogen) atoms. The van der Waals surface area contributed by atoms with Gasteiger partial charge < -0.3 is 10.2 Å². The highest BCUT2D eigenvalue weighted by Crippen LogP contribution is 2.32. The number of carbonyl (C=O) groups excluding carboxylic acids is 1. The smallest absolute Gasteiger partial charge is 0.228 e. The van der Waals surface area contributed by atoms with Gasteiger partial charge in [0.1, 0.15) is 0 Å². The normalized spacial score (nSPS) is 17.5. The zero-order valence-corrected chi connectivity index (χ0v) is 13.6. The Kier molecular flexibility index (Phi) is 5.40. The van der Waals surface area contributed by atoms with E-state index in [1.165, 1.54) is 24.8 Å². The summed E-state index contributed by atoms with van der Waals surface area (Å²) in [7, 11) is 2.00. The highest BCUT2D eigenvalue weighted by molar-refractivity contribution is 5.94. The number of aryl methyl sites for hydroxylation is 1. The van der Waals surface area contributed by atoms with E-state index in [-0.39, 0.29) is 11.4 Å². The Labute approximate surface area is 128 Å². The third-order valence-electron chi connectivity index (χ3n) is 4.79. The second-order valence-corrected chi connectivity index (χ2v) is 6.24. The van der Waals surface area contributed by atoms with E-state index in [0.29, 0.717) is 6.42 Å². The second kappa shape index (κ2) is 7.08. The average Bonchev–Trinajstić information content (AvgIpc) is 2.51. The summed E-state index contributed by atoms with van der Waals surface area (Å²) in [5.74, 6) is 0.234. The van der Waals surface area contributed by atoms with Crippen LogP contribution in [0.5, 0.6) is 0 Å². The molecule has 1 aliphatic carbocycles. The van der Waals surface area contributed by atoms with Crippen LogP contribution in [-0.2, 0) is 4.79 Å². The highest BCUT2D eigenvalue weighted by Gasteiger charge is 2.34. The maximum Gasteiger partial charge on any atom is 0.228 e. The molecule has 0 heterocycles. The van der Waals surface area contributed by atoms with Crippen molar-refractivity contribution in [1.82, 2.24) is 5.32 Å². The zero-order chi connectivity index (χ0) is 15.3. The van der Waals surface area contributed by atoms with Gasteiger partial charge in [0.15, 0.2) is 0 Å². The average molecular weight is 288 g/mol. The number of hydrogen-bond donors (Lipinski definition) is 1. The van der Waals surface area contributed by atoms with Gasteiger partial charge in [0.05, 0.1) is 0 Å². The number of rotatable bonds is 5. The SMILES string of the molecule is CCN(C(=O)CC1(NC)CCCCC1)c1ccc(C)cc1. The Morgan fingerprint density at radius 1 is 1.19 bits per heavy atom. The molecule has 0 radical (unpaired) electrons. The third-order valence-corrected chi connectivity index (χ3v) is 4.79. The molecule has 1 aromatic carbocycles. The van der Waals surface area contributed by atoms with Gasteiger partial charge in [0.25, 0.3) is 0 Å². The van der Waals surface area contributed by atoms with Crippen molar-refractivity contribution < 1.29 is 4.79 Å². The molecule has 2 rings (SSSR count). The molecule has 0 aliphatic heterocycles. The van der Waals surface area contributed by atoms with Gasteiger partial charge in [0.2, 0.25) is 5.91 Å². The van der Waals surface area contributed by atoms with Gasteiger partial charge in [-0.05, 0) is 45.9 Å². The van der Waals surface area contributed by atoms with Crippen molar-refractivity contribution in [1.29, 1.82) is 0 Å². The molecule has 1 amide bonds. The summed E-state index contributed by atoms with van der Waals surface area (Å²) in [6.45, 7) is 4.84. The summed E-state index contributed by atoms with van der Waals surface area (Å²) in [5, 5.41) is 3.44. The molecule has 3 heteroatoms. The third kappa shape index (κ3) is 3.85. The number of nitrogens with one attached hydrogen (secondary N) is 1. The molecular formula is C18H28N2O. The fraction of sp³-hybridized carbons (Fsp3) is 0.611. The van der Waals surface area contributed by atoms with E-state index in [4.69, 9.17) is 0 Å². The van der Waals surface area contributed by atoms with Gasteiger partial charge in [-0.3, -0.25) is 4.79 Å². The van der Waals surface area contributed by atoms with E-state index in [1.807, 2.05) is 31.0 Å². The van der Waals surface area contributed by atoms with E-state index >= 15 is 0 Å². The summed E-state index contributed by atoms with van der Waals surface area (Å²) in [5.41, 5.74) is 2.24. The van der Waals surface area contributed by atoms with Crippen LogP contribution in [0.4, 0.5) is 5.69 Å². The molecule has 1 aliphatic rings. The Bertz CT molecular complexity index is 461.